The molecular formula is C15H21BrN2O3. The van der Waals surface area contributed by atoms with Crippen LogP contribution in [0, 0.1) is 0 Å². The number of amides is 1. The minimum atomic E-state index is -0.530. The third-order valence-corrected chi connectivity index (χ3v) is 4.07. The quantitative estimate of drug-likeness (QED) is 0.865. The molecule has 1 aromatic carbocycles. The first-order chi connectivity index (χ1) is 10.0. The van der Waals surface area contributed by atoms with Gasteiger partial charge in [-0.25, -0.2) is 0 Å². The Balaban J connectivity index is 1.69. The van der Waals surface area contributed by atoms with Gasteiger partial charge in [-0.2, -0.15) is 0 Å². The maximum atomic E-state index is 11.2. The number of hydrogen-bond donors (Lipinski definition) is 1. The van der Waals surface area contributed by atoms with Crippen molar-refractivity contribution < 1.29 is 14.6 Å². The molecule has 5 nitrogen and oxygen atoms in total. The fourth-order valence-electron chi connectivity index (χ4n) is 2.32. The molecule has 21 heavy (non-hydrogen) atoms. The van der Waals surface area contributed by atoms with Gasteiger partial charge in [-0.05, 0) is 24.3 Å². The average Bonchev–Trinajstić information content (AvgIpc) is 2.47. The molecule has 0 aromatic heterocycles. The molecule has 0 aliphatic carbocycles. The highest BCUT2D eigenvalue weighted by molar-refractivity contribution is 9.10. The Bertz CT molecular complexity index is 458. The van der Waals surface area contributed by atoms with Crippen LogP contribution in [0.4, 0.5) is 0 Å². The molecular weight excluding hydrogens is 336 g/mol. The molecule has 0 unspecified atom stereocenters. The van der Waals surface area contributed by atoms with Gasteiger partial charge in [-0.1, -0.05) is 15.9 Å². The van der Waals surface area contributed by atoms with E-state index in [9.17, 15) is 9.90 Å². The molecule has 1 saturated heterocycles. The maximum Gasteiger partial charge on any atom is 0.219 e. The Morgan fingerprint density at radius 3 is 2.48 bits per heavy atom. The van der Waals surface area contributed by atoms with Crippen molar-refractivity contribution in [1.29, 1.82) is 0 Å². The number of ether oxygens (including phenoxy) is 1. The van der Waals surface area contributed by atoms with Gasteiger partial charge in [0.2, 0.25) is 5.91 Å². The first kappa shape index (κ1) is 16.3. The van der Waals surface area contributed by atoms with Gasteiger partial charge in [0.25, 0.3) is 0 Å². The molecule has 1 heterocycles. The molecule has 1 amide bonds. The van der Waals surface area contributed by atoms with Crippen molar-refractivity contribution in [3.63, 3.8) is 0 Å². The number of carbonyl (C=O) groups excluding carboxylic acids is 1. The van der Waals surface area contributed by atoms with Gasteiger partial charge in [0.05, 0.1) is 0 Å². The van der Waals surface area contributed by atoms with Crippen LogP contribution in [0.15, 0.2) is 28.7 Å². The molecule has 0 bridgehead atoms. The lowest BCUT2D eigenvalue weighted by atomic mass is 10.2. The van der Waals surface area contributed by atoms with E-state index >= 15 is 0 Å². The minimum Gasteiger partial charge on any atom is -0.491 e. The van der Waals surface area contributed by atoms with E-state index < -0.39 is 6.10 Å². The fraction of sp³-hybridized carbons (Fsp3) is 0.533. The van der Waals surface area contributed by atoms with E-state index in [1.54, 1.807) is 6.92 Å². The van der Waals surface area contributed by atoms with Crippen molar-refractivity contribution in [2.75, 3.05) is 39.3 Å². The first-order valence-corrected chi connectivity index (χ1v) is 7.88. The molecule has 1 fully saturated rings. The predicted molar refractivity (Wildman–Crippen MR) is 84.3 cm³/mol. The summed E-state index contributed by atoms with van der Waals surface area (Å²) in [7, 11) is 0. The van der Waals surface area contributed by atoms with Gasteiger partial charge >= 0.3 is 0 Å². The van der Waals surface area contributed by atoms with Crippen LogP contribution in [0.2, 0.25) is 0 Å². The molecule has 1 aliphatic heterocycles. The molecule has 1 aliphatic rings. The topological polar surface area (TPSA) is 53.0 Å². The monoisotopic (exact) mass is 356 g/mol. The summed E-state index contributed by atoms with van der Waals surface area (Å²) in [6, 6.07) is 7.54. The lowest BCUT2D eigenvalue weighted by molar-refractivity contribution is -0.130. The second kappa shape index (κ2) is 7.77. The minimum absolute atomic E-state index is 0.119. The molecule has 0 radical (unpaired) electrons. The van der Waals surface area contributed by atoms with E-state index in [2.05, 4.69) is 20.8 Å². The summed E-state index contributed by atoms with van der Waals surface area (Å²) in [5, 5.41) is 10.0. The second-order valence-corrected chi connectivity index (χ2v) is 6.14. The van der Waals surface area contributed by atoms with E-state index in [-0.39, 0.29) is 12.5 Å². The number of β-amino-alcohol motifs (C(OH)–C–C–N with tert-alkyl or cyclic N) is 1. The molecule has 1 N–H and O–H groups in total. The summed E-state index contributed by atoms with van der Waals surface area (Å²) in [5.41, 5.74) is 0. The summed E-state index contributed by atoms with van der Waals surface area (Å²) in [6.45, 7) is 5.50. The van der Waals surface area contributed by atoms with Crippen LogP contribution < -0.4 is 4.74 Å². The molecule has 0 saturated carbocycles. The Morgan fingerprint density at radius 2 is 1.90 bits per heavy atom. The number of piperazine rings is 1. The third-order valence-electron chi connectivity index (χ3n) is 3.54. The third kappa shape index (κ3) is 5.30. The van der Waals surface area contributed by atoms with Crippen molar-refractivity contribution in [2.24, 2.45) is 0 Å². The predicted octanol–water partition coefficient (Wildman–Crippen LogP) is 1.35. The average molecular weight is 357 g/mol. The highest BCUT2D eigenvalue weighted by Gasteiger charge is 2.20. The van der Waals surface area contributed by atoms with E-state index in [1.165, 1.54) is 0 Å². The molecule has 1 atom stereocenters. The summed E-state index contributed by atoms with van der Waals surface area (Å²) in [4.78, 5) is 15.2. The summed E-state index contributed by atoms with van der Waals surface area (Å²) in [6.07, 6.45) is -0.530. The summed E-state index contributed by atoms with van der Waals surface area (Å²) in [5.74, 6) is 0.868. The van der Waals surface area contributed by atoms with Crippen molar-refractivity contribution in [1.82, 2.24) is 9.80 Å². The van der Waals surface area contributed by atoms with Crippen LogP contribution in [-0.4, -0.2) is 66.2 Å². The van der Waals surface area contributed by atoms with Crippen LogP contribution in [0.3, 0.4) is 0 Å². The largest absolute Gasteiger partial charge is 0.491 e. The molecule has 0 spiro atoms. The number of rotatable bonds is 5. The standard InChI is InChI=1S/C15H21BrN2O3/c1-12(19)18-8-6-17(7-9-18)10-14(20)11-21-15-4-2-13(16)3-5-15/h2-5,14,20H,6-11H2,1H3/t14-/m0/s1. The first-order valence-electron chi connectivity index (χ1n) is 7.09. The van der Waals surface area contributed by atoms with Crippen molar-refractivity contribution in [2.45, 2.75) is 13.0 Å². The van der Waals surface area contributed by atoms with Gasteiger partial charge in [0.1, 0.15) is 18.5 Å². The number of nitrogens with zero attached hydrogens (tertiary/aromatic N) is 2. The molecule has 6 heteroatoms. The molecule has 116 valence electrons. The normalized spacial score (nSPS) is 17.6. The zero-order chi connectivity index (χ0) is 15.2. The Hall–Kier alpha value is -1.11. The molecule has 1 aromatic rings. The van der Waals surface area contributed by atoms with E-state index in [1.807, 2.05) is 29.2 Å². The second-order valence-electron chi connectivity index (χ2n) is 5.23. The van der Waals surface area contributed by atoms with E-state index in [0.29, 0.717) is 6.54 Å². The lowest BCUT2D eigenvalue weighted by Crippen LogP contribution is -2.50. The summed E-state index contributed by atoms with van der Waals surface area (Å²) >= 11 is 3.37. The lowest BCUT2D eigenvalue weighted by Gasteiger charge is -2.35. The fourth-order valence-corrected chi connectivity index (χ4v) is 2.58. The van der Waals surface area contributed by atoms with E-state index in [0.717, 1.165) is 36.4 Å². The summed E-state index contributed by atoms with van der Waals surface area (Å²) < 4.78 is 6.56. The Kier molecular flexibility index (Phi) is 6.02. The van der Waals surface area contributed by atoms with Gasteiger partial charge in [-0.3, -0.25) is 9.69 Å². The number of hydrogen-bond acceptors (Lipinski definition) is 4. The zero-order valence-corrected chi connectivity index (χ0v) is 13.8. The van der Waals surface area contributed by atoms with Crippen molar-refractivity contribution in [3.8, 4) is 5.75 Å². The van der Waals surface area contributed by atoms with Crippen LogP contribution in [0.5, 0.6) is 5.75 Å². The number of aliphatic hydroxyl groups excluding tert-OH is 1. The van der Waals surface area contributed by atoms with Gasteiger partial charge in [0.15, 0.2) is 0 Å². The van der Waals surface area contributed by atoms with Crippen molar-refractivity contribution in [3.05, 3.63) is 28.7 Å². The number of carbonyl (C=O) groups is 1. The van der Waals surface area contributed by atoms with Crippen LogP contribution in [0.25, 0.3) is 0 Å². The van der Waals surface area contributed by atoms with Gasteiger partial charge < -0.3 is 14.7 Å². The zero-order valence-electron chi connectivity index (χ0n) is 12.2. The van der Waals surface area contributed by atoms with Gasteiger partial charge in [-0.15, -0.1) is 0 Å². The van der Waals surface area contributed by atoms with E-state index in [4.69, 9.17) is 4.74 Å². The Morgan fingerprint density at radius 1 is 1.29 bits per heavy atom. The number of aliphatic hydroxyl groups is 1. The highest BCUT2D eigenvalue weighted by atomic mass is 79.9. The van der Waals surface area contributed by atoms with Gasteiger partial charge in [0, 0.05) is 44.1 Å². The van der Waals surface area contributed by atoms with Crippen LogP contribution >= 0.6 is 15.9 Å². The van der Waals surface area contributed by atoms with Crippen LogP contribution in [0.1, 0.15) is 6.92 Å². The highest BCUT2D eigenvalue weighted by Crippen LogP contribution is 2.16. The smallest absolute Gasteiger partial charge is 0.219 e. The molecule has 2 rings (SSSR count). The van der Waals surface area contributed by atoms with Crippen LogP contribution in [-0.2, 0) is 4.79 Å². The number of halogens is 1. The Labute approximate surface area is 133 Å². The maximum absolute atomic E-state index is 11.2. The SMILES string of the molecule is CC(=O)N1CCN(C[C@H](O)COc2ccc(Br)cc2)CC1. The van der Waals surface area contributed by atoms with Crippen molar-refractivity contribution >= 4 is 21.8 Å². The number of benzene rings is 1.